The van der Waals surface area contributed by atoms with Crippen LogP contribution in [-0.2, 0) is 0 Å². The third kappa shape index (κ3) is 7.07. The predicted octanol–water partition coefficient (Wildman–Crippen LogP) is 3.89. The largest absolute Gasteiger partial charge is 0.0991 e. The Hall–Kier alpha value is -1.04. The van der Waals surface area contributed by atoms with Gasteiger partial charge in [0.15, 0.2) is 0 Å². The van der Waals surface area contributed by atoms with E-state index in [4.69, 9.17) is 0 Å². The molecule has 0 heteroatoms. The molecule has 12 heavy (non-hydrogen) atoms. The molecule has 0 aliphatic heterocycles. The van der Waals surface area contributed by atoms with Gasteiger partial charge < -0.3 is 0 Å². The van der Waals surface area contributed by atoms with Gasteiger partial charge in [-0.05, 0) is 12.3 Å². The Morgan fingerprint density at radius 2 is 1.92 bits per heavy atom. The maximum absolute atomic E-state index is 3.95. The second-order valence-electron chi connectivity index (χ2n) is 3.24. The van der Waals surface area contributed by atoms with E-state index in [1.807, 2.05) is 24.3 Å². The molecule has 0 aromatic heterocycles. The fourth-order valence-corrected chi connectivity index (χ4v) is 0.927. The monoisotopic (exact) mass is 162 g/mol. The average Bonchev–Trinajstić information content (AvgIpc) is 1.97. The van der Waals surface area contributed by atoms with Gasteiger partial charge in [0.1, 0.15) is 0 Å². The first-order valence-electron chi connectivity index (χ1n) is 4.30. The minimum absolute atomic E-state index is 0.686. The van der Waals surface area contributed by atoms with Crippen LogP contribution in [0.25, 0.3) is 0 Å². The van der Waals surface area contributed by atoms with Crippen molar-refractivity contribution >= 4 is 0 Å². The summed E-state index contributed by atoms with van der Waals surface area (Å²) in [5, 5.41) is 0. The summed E-state index contributed by atoms with van der Waals surface area (Å²) >= 11 is 0. The zero-order valence-electron chi connectivity index (χ0n) is 8.09. The topological polar surface area (TPSA) is 0 Å². The molecule has 0 unspecified atom stereocenters. The first-order chi connectivity index (χ1) is 5.66. The van der Waals surface area contributed by atoms with Gasteiger partial charge in [0.25, 0.3) is 0 Å². The molecule has 0 aromatic carbocycles. The molecule has 0 aliphatic rings. The van der Waals surface area contributed by atoms with E-state index in [0.29, 0.717) is 5.92 Å². The number of hydrogen-bond donors (Lipinski definition) is 0. The van der Waals surface area contributed by atoms with Crippen LogP contribution in [0.1, 0.15) is 20.3 Å². The maximum atomic E-state index is 3.95. The molecule has 0 atom stereocenters. The van der Waals surface area contributed by atoms with Gasteiger partial charge >= 0.3 is 0 Å². The average molecular weight is 162 g/mol. The highest BCUT2D eigenvalue weighted by Crippen LogP contribution is 2.09. The number of hydrogen-bond acceptors (Lipinski definition) is 0. The van der Waals surface area contributed by atoms with E-state index in [1.165, 1.54) is 5.57 Å². The fraction of sp³-hybridized carbons (Fsp3) is 0.333. The lowest BCUT2D eigenvalue weighted by molar-refractivity contribution is 0.651. The van der Waals surface area contributed by atoms with Crippen LogP contribution in [0.3, 0.4) is 0 Å². The second kappa shape index (κ2) is 6.66. The zero-order valence-corrected chi connectivity index (χ0v) is 8.09. The molecule has 0 fully saturated rings. The van der Waals surface area contributed by atoms with E-state index in [0.717, 1.165) is 6.42 Å². The van der Waals surface area contributed by atoms with Gasteiger partial charge in [-0.2, -0.15) is 0 Å². The second-order valence-corrected chi connectivity index (χ2v) is 3.24. The van der Waals surface area contributed by atoms with Crippen molar-refractivity contribution < 1.29 is 0 Å². The third-order valence-corrected chi connectivity index (χ3v) is 1.36. The molecule has 0 radical (unpaired) electrons. The normalized spacial score (nSPS) is 11.6. The van der Waals surface area contributed by atoms with Crippen molar-refractivity contribution in [2.75, 3.05) is 0 Å². The lowest BCUT2D eigenvalue weighted by Crippen LogP contribution is -1.86. The maximum Gasteiger partial charge on any atom is -0.0262 e. The highest BCUT2D eigenvalue weighted by Gasteiger charge is 1.93. The number of rotatable bonds is 5. The molecule has 0 rings (SSSR count). The van der Waals surface area contributed by atoms with Crippen LogP contribution in [0.5, 0.6) is 0 Å². The Kier molecular flexibility index (Phi) is 6.08. The van der Waals surface area contributed by atoms with Gasteiger partial charge in [-0.15, -0.1) is 0 Å². The van der Waals surface area contributed by atoms with Gasteiger partial charge in [0.05, 0.1) is 0 Å². The Morgan fingerprint density at radius 3 is 2.42 bits per heavy atom. The van der Waals surface area contributed by atoms with Crippen LogP contribution >= 0.6 is 0 Å². The molecule has 0 spiro atoms. The summed E-state index contributed by atoms with van der Waals surface area (Å²) in [7, 11) is 0. The van der Waals surface area contributed by atoms with E-state index in [-0.39, 0.29) is 0 Å². The molecular weight excluding hydrogens is 144 g/mol. The van der Waals surface area contributed by atoms with Crippen LogP contribution in [0.4, 0.5) is 0 Å². The van der Waals surface area contributed by atoms with Crippen LogP contribution in [0.15, 0.2) is 49.1 Å². The standard InChI is InChI=1S/C12H18/c1-5-6-7-8-9-12(4)10-11(2)3/h5-9,11H,1,4,10H2,2-3H3/b7-6-,9-8-. The Labute approximate surface area is 76.0 Å². The molecule has 0 N–H and O–H groups in total. The van der Waals surface area contributed by atoms with Crippen LogP contribution in [0, 0.1) is 5.92 Å². The summed E-state index contributed by atoms with van der Waals surface area (Å²) in [5.74, 6) is 0.686. The van der Waals surface area contributed by atoms with E-state index >= 15 is 0 Å². The molecule has 0 aliphatic carbocycles. The molecular formula is C12H18. The summed E-state index contributed by atoms with van der Waals surface area (Å²) in [6.45, 7) is 11.9. The quantitative estimate of drug-likeness (QED) is 0.538. The van der Waals surface area contributed by atoms with E-state index in [1.54, 1.807) is 6.08 Å². The molecule has 0 amide bonds. The van der Waals surface area contributed by atoms with E-state index < -0.39 is 0 Å². The summed E-state index contributed by atoms with van der Waals surface area (Å²) in [6.07, 6.45) is 10.7. The Morgan fingerprint density at radius 1 is 1.25 bits per heavy atom. The lowest BCUT2D eigenvalue weighted by atomic mass is 10.0. The fourth-order valence-electron chi connectivity index (χ4n) is 0.927. The van der Waals surface area contributed by atoms with E-state index in [9.17, 15) is 0 Å². The smallest absolute Gasteiger partial charge is 0.0262 e. The van der Waals surface area contributed by atoms with Crippen molar-refractivity contribution in [2.24, 2.45) is 5.92 Å². The van der Waals surface area contributed by atoms with Crippen LogP contribution in [0.2, 0.25) is 0 Å². The number of allylic oxidation sites excluding steroid dienone is 6. The van der Waals surface area contributed by atoms with Gasteiger partial charge in [-0.25, -0.2) is 0 Å². The molecule has 0 nitrogen and oxygen atoms in total. The van der Waals surface area contributed by atoms with Gasteiger partial charge in [0, 0.05) is 0 Å². The molecule has 66 valence electrons. The SMILES string of the molecule is C=C/C=C\C=C/C(=C)CC(C)C. The summed E-state index contributed by atoms with van der Waals surface area (Å²) < 4.78 is 0. The van der Waals surface area contributed by atoms with Crippen LogP contribution in [-0.4, -0.2) is 0 Å². The highest BCUT2D eigenvalue weighted by molar-refractivity contribution is 5.20. The predicted molar refractivity (Wildman–Crippen MR) is 57.1 cm³/mol. The first kappa shape index (κ1) is 11.0. The molecule has 0 saturated heterocycles. The zero-order chi connectivity index (χ0) is 9.40. The molecule has 0 heterocycles. The van der Waals surface area contributed by atoms with E-state index in [2.05, 4.69) is 27.0 Å². The van der Waals surface area contributed by atoms with Crippen LogP contribution < -0.4 is 0 Å². The van der Waals surface area contributed by atoms with Crippen molar-refractivity contribution in [1.82, 2.24) is 0 Å². The molecule has 0 bridgehead atoms. The first-order valence-corrected chi connectivity index (χ1v) is 4.30. The Bertz CT molecular complexity index is 192. The third-order valence-electron chi connectivity index (χ3n) is 1.36. The van der Waals surface area contributed by atoms with Gasteiger partial charge in [0.2, 0.25) is 0 Å². The van der Waals surface area contributed by atoms with Crippen molar-refractivity contribution in [3.8, 4) is 0 Å². The Balaban J connectivity index is 3.75. The van der Waals surface area contributed by atoms with Gasteiger partial charge in [-0.3, -0.25) is 0 Å². The lowest BCUT2D eigenvalue weighted by Gasteiger charge is -2.01. The highest BCUT2D eigenvalue weighted by atomic mass is 14.0. The van der Waals surface area contributed by atoms with Crippen molar-refractivity contribution in [3.63, 3.8) is 0 Å². The molecule has 0 aromatic rings. The minimum Gasteiger partial charge on any atom is -0.0991 e. The summed E-state index contributed by atoms with van der Waals surface area (Å²) in [5.41, 5.74) is 1.18. The van der Waals surface area contributed by atoms with Gasteiger partial charge in [-0.1, -0.05) is 63.0 Å². The van der Waals surface area contributed by atoms with Crippen molar-refractivity contribution in [2.45, 2.75) is 20.3 Å². The summed E-state index contributed by atoms with van der Waals surface area (Å²) in [4.78, 5) is 0. The minimum atomic E-state index is 0.686. The molecule has 0 saturated carbocycles. The van der Waals surface area contributed by atoms with Crippen molar-refractivity contribution in [1.29, 1.82) is 0 Å². The summed E-state index contributed by atoms with van der Waals surface area (Å²) in [6, 6.07) is 0. The van der Waals surface area contributed by atoms with Crippen molar-refractivity contribution in [3.05, 3.63) is 49.1 Å².